The summed E-state index contributed by atoms with van der Waals surface area (Å²) in [5, 5.41) is 4.74. The molecule has 0 fully saturated rings. The van der Waals surface area contributed by atoms with Gasteiger partial charge in [0, 0.05) is 10.6 Å². The summed E-state index contributed by atoms with van der Waals surface area (Å²) in [5.74, 6) is 1.14. The number of halogens is 2. The Hall–Kier alpha value is -2.44. The number of rotatable bonds is 7. The van der Waals surface area contributed by atoms with E-state index in [1.54, 1.807) is 32.4 Å². The zero-order valence-corrected chi connectivity index (χ0v) is 16.0. The summed E-state index contributed by atoms with van der Waals surface area (Å²) in [6.07, 6.45) is 1.52. The molecule has 0 aliphatic carbocycles. The molecule has 2 aromatic rings. The maximum atomic E-state index is 11.8. The minimum absolute atomic E-state index is 0.233. The topological polar surface area (TPSA) is 69.2 Å². The first-order chi connectivity index (χ1) is 12.4. The molecule has 0 aromatic heterocycles. The lowest BCUT2D eigenvalue weighted by molar-refractivity contribution is -0.123. The predicted octanol–water partition coefficient (Wildman–Crippen LogP) is 3.85. The summed E-state index contributed by atoms with van der Waals surface area (Å²) in [6, 6.07) is 8.35. The fourth-order valence-electron chi connectivity index (χ4n) is 2.08. The molecular formula is C18H18Cl2N2O4. The number of carbonyl (C=O) groups excluding carboxylic acids is 1. The van der Waals surface area contributed by atoms with E-state index in [2.05, 4.69) is 10.5 Å². The van der Waals surface area contributed by atoms with E-state index in [1.807, 2.05) is 13.0 Å². The Labute approximate surface area is 161 Å². The molecule has 1 amide bonds. The van der Waals surface area contributed by atoms with Crippen molar-refractivity contribution in [2.75, 3.05) is 20.8 Å². The van der Waals surface area contributed by atoms with Crippen molar-refractivity contribution < 1.29 is 19.0 Å². The summed E-state index contributed by atoms with van der Waals surface area (Å²) in [5.41, 5.74) is 4.09. The van der Waals surface area contributed by atoms with Crippen LogP contribution in [-0.2, 0) is 4.79 Å². The van der Waals surface area contributed by atoms with Crippen LogP contribution in [0.15, 0.2) is 35.4 Å². The van der Waals surface area contributed by atoms with Crippen LogP contribution >= 0.6 is 23.2 Å². The second kappa shape index (κ2) is 9.31. The van der Waals surface area contributed by atoms with Crippen molar-refractivity contribution in [1.82, 2.24) is 5.43 Å². The van der Waals surface area contributed by atoms with Crippen molar-refractivity contribution in [3.8, 4) is 17.2 Å². The molecule has 0 saturated carbocycles. The maximum absolute atomic E-state index is 11.8. The van der Waals surface area contributed by atoms with Crippen LogP contribution in [0.4, 0.5) is 0 Å². The molecule has 0 aliphatic heterocycles. The Morgan fingerprint density at radius 2 is 1.81 bits per heavy atom. The maximum Gasteiger partial charge on any atom is 0.277 e. The molecule has 0 radical (unpaired) electrons. The van der Waals surface area contributed by atoms with Crippen molar-refractivity contribution in [3.63, 3.8) is 0 Å². The summed E-state index contributed by atoms with van der Waals surface area (Å²) < 4.78 is 15.8. The van der Waals surface area contributed by atoms with Crippen LogP contribution in [0, 0.1) is 6.92 Å². The zero-order chi connectivity index (χ0) is 19.1. The molecule has 26 heavy (non-hydrogen) atoms. The van der Waals surface area contributed by atoms with Crippen LogP contribution in [0.25, 0.3) is 0 Å². The van der Waals surface area contributed by atoms with Crippen molar-refractivity contribution in [1.29, 1.82) is 0 Å². The quantitative estimate of drug-likeness (QED) is 0.569. The zero-order valence-electron chi connectivity index (χ0n) is 14.5. The number of nitrogens with one attached hydrogen (secondary N) is 1. The largest absolute Gasteiger partial charge is 0.493 e. The second-order valence-corrected chi connectivity index (χ2v) is 6.06. The van der Waals surface area contributed by atoms with Gasteiger partial charge in [-0.3, -0.25) is 4.79 Å². The van der Waals surface area contributed by atoms with Gasteiger partial charge in [0.25, 0.3) is 5.91 Å². The molecule has 0 spiro atoms. The highest BCUT2D eigenvalue weighted by molar-refractivity contribution is 6.35. The third-order valence-corrected chi connectivity index (χ3v) is 3.95. The normalized spacial score (nSPS) is 10.7. The molecule has 0 bridgehead atoms. The number of benzene rings is 2. The lowest BCUT2D eigenvalue weighted by Gasteiger charge is -2.10. The van der Waals surface area contributed by atoms with Crippen molar-refractivity contribution >= 4 is 35.3 Å². The Morgan fingerprint density at radius 1 is 1.12 bits per heavy atom. The minimum atomic E-state index is -0.426. The number of nitrogens with zero attached hydrogens (tertiary/aromatic N) is 1. The highest BCUT2D eigenvalue weighted by atomic mass is 35.5. The van der Waals surface area contributed by atoms with Crippen LogP contribution in [0.5, 0.6) is 17.2 Å². The molecule has 0 unspecified atom stereocenters. The lowest BCUT2D eigenvalue weighted by Crippen LogP contribution is -2.24. The van der Waals surface area contributed by atoms with Gasteiger partial charge in [-0.15, -0.1) is 0 Å². The summed E-state index contributed by atoms with van der Waals surface area (Å²) in [6.45, 7) is 1.67. The molecule has 0 saturated heterocycles. The van der Waals surface area contributed by atoms with Crippen molar-refractivity contribution in [3.05, 3.63) is 51.5 Å². The summed E-state index contributed by atoms with van der Waals surface area (Å²) in [7, 11) is 3.12. The lowest BCUT2D eigenvalue weighted by atomic mass is 10.1. The molecule has 0 heterocycles. The number of hydrogen-bond acceptors (Lipinski definition) is 5. The molecule has 2 rings (SSSR count). The number of hydrogen-bond donors (Lipinski definition) is 1. The first-order valence-electron chi connectivity index (χ1n) is 7.57. The number of amides is 1. The fraction of sp³-hybridized carbons (Fsp3) is 0.222. The van der Waals surface area contributed by atoms with Crippen LogP contribution in [0.3, 0.4) is 0 Å². The summed E-state index contributed by atoms with van der Waals surface area (Å²) in [4.78, 5) is 11.8. The van der Waals surface area contributed by atoms with Crippen LogP contribution in [-0.4, -0.2) is 32.9 Å². The molecule has 2 aromatic carbocycles. The van der Waals surface area contributed by atoms with E-state index in [0.717, 1.165) is 11.1 Å². The molecule has 138 valence electrons. The summed E-state index contributed by atoms with van der Waals surface area (Å²) >= 11 is 11.8. The third kappa shape index (κ3) is 5.28. The number of hydrazone groups is 1. The van der Waals surface area contributed by atoms with Gasteiger partial charge in [0.2, 0.25) is 0 Å². The van der Waals surface area contributed by atoms with E-state index in [1.165, 1.54) is 12.3 Å². The number of aryl methyl sites for hydroxylation is 1. The van der Waals surface area contributed by atoms with E-state index in [-0.39, 0.29) is 6.61 Å². The molecule has 8 heteroatoms. The average molecular weight is 397 g/mol. The average Bonchev–Trinajstić information content (AvgIpc) is 2.62. The highest BCUT2D eigenvalue weighted by Gasteiger charge is 2.08. The minimum Gasteiger partial charge on any atom is -0.493 e. The van der Waals surface area contributed by atoms with Gasteiger partial charge in [-0.05, 0) is 42.8 Å². The van der Waals surface area contributed by atoms with Gasteiger partial charge in [-0.2, -0.15) is 5.10 Å². The molecule has 0 atom stereocenters. The Morgan fingerprint density at radius 3 is 2.46 bits per heavy atom. The van der Waals surface area contributed by atoms with Gasteiger partial charge in [0.15, 0.2) is 18.1 Å². The first kappa shape index (κ1) is 19.9. The first-order valence-corrected chi connectivity index (χ1v) is 8.32. The third-order valence-electron chi connectivity index (χ3n) is 3.42. The van der Waals surface area contributed by atoms with E-state index in [9.17, 15) is 4.79 Å². The molecule has 1 N–H and O–H groups in total. The highest BCUT2D eigenvalue weighted by Crippen LogP contribution is 2.29. The number of ether oxygens (including phenoxy) is 3. The van der Waals surface area contributed by atoms with Crippen molar-refractivity contribution in [2.24, 2.45) is 5.10 Å². The van der Waals surface area contributed by atoms with Gasteiger partial charge in [-0.1, -0.05) is 23.2 Å². The SMILES string of the molecule is COc1cc(C)c(/C=N/NC(=O)COc2ccc(Cl)cc2Cl)cc1OC. The Kier molecular flexibility index (Phi) is 7.12. The molecule has 6 nitrogen and oxygen atoms in total. The van der Waals surface area contributed by atoms with E-state index < -0.39 is 5.91 Å². The fourth-order valence-corrected chi connectivity index (χ4v) is 2.54. The second-order valence-electron chi connectivity index (χ2n) is 5.22. The van der Waals surface area contributed by atoms with E-state index in [4.69, 9.17) is 37.4 Å². The van der Waals surface area contributed by atoms with Gasteiger partial charge < -0.3 is 14.2 Å². The standard InChI is InChI=1S/C18H18Cl2N2O4/c1-11-6-16(24-2)17(25-3)7-12(11)9-21-22-18(23)10-26-15-5-4-13(19)8-14(15)20/h4-9H,10H2,1-3H3,(H,22,23)/b21-9+. The number of carbonyl (C=O) groups is 1. The van der Waals surface area contributed by atoms with Gasteiger partial charge in [-0.25, -0.2) is 5.43 Å². The van der Waals surface area contributed by atoms with E-state index >= 15 is 0 Å². The van der Waals surface area contributed by atoms with Crippen LogP contribution in [0.2, 0.25) is 10.0 Å². The van der Waals surface area contributed by atoms with Crippen LogP contribution in [0.1, 0.15) is 11.1 Å². The van der Waals surface area contributed by atoms with Gasteiger partial charge in [0.1, 0.15) is 5.75 Å². The van der Waals surface area contributed by atoms with Crippen LogP contribution < -0.4 is 19.6 Å². The predicted molar refractivity (Wildman–Crippen MR) is 102 cm³/mol. The Balaban J connectivity index is 1.94. The van der Waals surface area contributed by atoms with E-state index in [0.29, 0.717) is 27.3 Å². The monoisotopic (exact) mass is 396 g/mol. The number of methoxy groups -OCH3 is 2. The smallest absolute Gasteiger partial charge is 0.277 e. The van der Waals surface area contributed by atoms with Gasteiger partial charge in [0.05, 0.1) is 25.5 Å². The molecular weight excluding hydrogens is 379 g/mol. The molecule has 0 aliphatic rings. The van der Waals surface area contributed by atoms with Gasteiger partial charge >= 0.3 is 0 Å². The van der Waals surface area contributed by atoms with Crippen molar-refractivity contribution in [2.45, 2.75) is 6.92 Å². The Bertz CT molecular complexity index is 825.